The molecule has 1 amide bonds. The molecule has 1 aromatic carbocycles. The number of halogens is 2. The first-order chi connectivity index (χ1) is 9.63. The van der Waals surface area contributed by atoms with Crippen LogP contribution in [0.25, 0.3) is 0 Å². The molecule has 0 aliphatic carbocycles. The maximum atomic E-state index is 11.9. The van der Waals surface area contributed by atoms with Gasteiger partial charge in [-0.3, -0.25) is 4.79 Å². The zero-order valence-corrected chi connectivity index (χ0v) is 13.0. The zero-order valence-electron chi connectivity index (χ0n) is 11.5. The minimum absolute atomic E-state index is 0.00702. The zero-order chi connectivity index (χ0) is 14.4. The second-order valence-electron chi connectivity index (χ2n) is 5.21. The van der Waals surface area contributed by atoms with Gasteiger partial charge in [0.2, 0.25) is 5.91 Å². The highest BCUT2D eigenvalue weighted by Crippen LogP contribution is 2.22. The van der Waals surface area contributed by atoms with Crippen LogP contribution in [0.4, 0.5) is 5.69 Å². The first-order valence-corrected chi connectivity index (χ1v) is 7.87. The van der Waals surface area contributed by atoms with Crippen molar-refractivity contribution in [2.75, 3.05) is 25.0 Å². The van der Waals surface area contributed by atoms with Crippen LogP contribution in [0.2, 0.25) is 10.0 Å². The Kier molecular flexibility index (Phi) is 6.14. The average Bonchev–Trinajstić information content (AvgIpc) is 2.63. The van der Waals surface area contributed by atoms with E-state index >= 15 is 0 Å². The fourth-order valence-electron chi connectivity index (χ4n) is 2.47. The number of hydrogen-bond donors (Lipinski definition) is 1. The molecule has 1 N–H and O–H groups in total. The number of likely N-dealkylation sites (tertiary alicyclic amines) is 1. The summed E-state index contributed by atoms with van der Waals surface area (Å²) in [6.07, 6.45) is 5.61. The van der Waals surface area contributed by atoms with Gasteiger partial charge in [-0.1, -0.05) is 36.0 Å². The Hall–Kier alpha value is -0.770. The molecule has 1 aliphatic heterocycles. The SMILES string of the molecule is O=C(CCN1CCCCCC1)Nc1cc(Cl)cc(Cl)c1. The summed E-state index contributed by atoms with van der Waals surface area (Å²) in [5.74, 6) is 0.00702. The number of rotatable bonds is 4. The Morgan fingerprint density at radius 2 is 1.65 bits per heavy atom. The van der Waals surface area contributed by atoms with Gasteiger partial charge in [0.25, 0.3) is 0 Å². The fraction of sp³-hybridized carbons (Fsp3) is 0.533. The number of anilines is 1. The molecule has 110 valence electrons. The van der Waals surface area contributed by atoms with Crippen molar-refractivity contribution in [2.45, 2.75) is 32.1 Å². The highest BCUT2D eigenvalue weighted by molar-refractivity contribution is 6.35. The first kappa shape index (κ1) is 15.6. The van der Waals surface area contributed by atoms with Gasteiger partial charge in [0.15, 0.2) is 0 Å². The first-order valence-electron chi connectivity index (χ1n) is 7.12. The number of carbonyl (C=O) groups excluding carboxylic acids is 1. The lowest BCUT2D eigenvalue weighted by Gasteiger charge is -2.19. The topological polar surface area (TPSA) is 32.3 Å². The molecule has 0 atom stereocenters. The number of benzene rings is 1. The molecule has 0 saturated carbocycles. The van der Waals surface area contributed by atoms with Crippen LogP contribution in [0.1, 0.15) is 32.1 Å². The molecule has 0 bridgehead atoms. The van der Waals surface area contributed by atoms with Crippen molar-refractivity contribution in [1.82, 2.24) is 4.90 Å². The second-order valence-corrected chi connectivity index (χ2v) is 6.09. The molecule has 1 saturated heterocycles. The summed E-state index contributed by atoms with van der Waals surface area (Å²) in [6.45, 7) is 3.03. The molecule has 1 fully saturated rings. The van der Waals surface area contributed by atoms with Gasteiger partial charge in [-0.25, -0.2) is 0 Å². The van der Waals surface area contributed by atoms with Gasteiger partial charge in [-0.05, 0) is 44.1 Å². The third kappa shape index (κ3) is 5.31. The van der Waals surface area contributed by atoms with E-state index in [0.717, 1.165) is 19.6 Å². The monoisotopic (exact) mass is 314 g/mol. The van der Waals surface area contributed by atoms with Crippen LogP contribution in [-0.2, 0) is 4.79 Å². The fourth-order valence-corrected chi connectivity index (χ4v) is 2.99. The van der Waals surface area contributed by atoms with Crippen molar-refractivity contribution in [3.05, 3.63) is 28.2 Å². The van der Waals surface area contributed by atoms with Crippen molar-refractivity contribution in [3.63, 3.8) is 0 Å². The Morgan fingerprint density at radius 3 is 2.25 bits per heavy atom. The third-order valence-corrected chi connectivity index (χ3v) is 3.94. The van der Waals surface area contributed by atoms with E-state index in [1.54, 1.807) is 18.2 Å². The van der Waals surface area contributed by atoms with Gasteiger partial charge < -0.3 is 10.2 Å². The lowest BCUT2D eigenvalue weighted by molar-refractivity contribution is -0.116. The molecule has 0 radical (unpaired) electrons. The highest BCUT2D eigenvalue weighted by Gasteiger charge is 2.11. The molecule has 5 heteroatoms. The minimum Gasteiger partial charge on any atom is -0.326 e. The summed E-state index contributed by atoms with van der Waals surface area (Å²) >= 11 is 11.8. The van der Waals surface area contributed by atoms with Crippen molar-refractivity contribution in [1.29, 1.82) is 0 Å². The molecule has 20 heavy (non-hydrogen) atoms. The smallest absolute Gasteiger partial charge is 0.225 e. The van der Waals surface area contributed by atoms with E-state index < -0.39 is 0 Å². The summed E-state index contributed by atoms with van der Waals surface area (Å²) in [4.78, 5) is 14.3. The summed E-state index contributed by atoms with van der Waals surface area (Å²) in [5, 5.41) is 3.90. The highest BCUT2D eigenvalue weighted by atomic mass is 35.5. The molecular weight excluding hydrogens is 295 g/mol. The van der Waals surface area contributed by atoms with Gasteiger partial charge in [0.1, 0.15) is 0 Å². The third-order valence-electron chi connectivity index (χ3n) is 3.50. The lowest BCUT2D eigenvalue weighted by Crippen LogP contribution is -2.28. The van der Waals surface area contributed by atoms with Crippen LogP contribution in [0.5, 0.6) is 0 Å². The minimum atomic E-state index is 0.00702. The number of amides is 1. The number of nitrogens with zero attached hydrogens (tertiary/aromatic N) is 1. The molecule has 0 aromatic heterocycles. The maximum absolute atomic E-state index is 11.9. The predicted molar refractivity (Wildman–Crippen MR) is 84.6 cm³/mol. The van der Waals surface area contributed by atoms with Crippen LogP contribution in [-0.4, -0.2) is 30.4 Å². The predicted octanol–water partition coefficient (Wildman–Crippen LogP) is 4.20. The van der Waals surface area contributed by atoms with Crippen molar-refractivity contribution < 1.29 is 4.79 Å². The Labute approximate surface area is 130 Å². The second kappa shape index (κ2) is 7.87. The van der Waals surface area contributed by atoms with E-state index in [0.29, 0.717) is 22.2 Å². The van der Waals surface area contributed by atoms with Gasteiger partial charge in [-0.15, -0.1) is 0 Å². The van der Waals surface area contributed by atoms with Crippen LogP contribution in [0, 0.1) is 0 Å². The average molecular weight is 315 g/mol. The van der Waals surface area contributed by atoms with E-state index in [9.17, 15) is 4.79 Å². The van der Waals surface area contributed by atoms with Crippen LogP contribution in [0.15, 0.2) is 18.2 Å². The molecule has 1 aromatic rings. The molecule has 3 nitrogen and oxygen atoms in total. The molecule has 1 heterocycles. The van der Waals surface area contributed by atoms with Crippen molar-refractivity contribution >= 4 is 34.8 Å². The molecule has 2 rings (SSSR count). The molecule has 1 aliphatic rings. The standard InChI is InChI=1S/C15H20Cl2N2O/c16-12-9-13(17)11-14(10-12)18-15(20)5-8-19-6-3-1-2-4-7-19/h9-11H,1-8H2,(H,18,20). The summed E-state index contributed by atoms with van der Waals surface area (Å²) in [6, 6.07) is 5.06. The molecular formula is C15H20Cl2N2O. The Bertz CT molecular complexity index is 437. The van der Waals surface area contributed by atoms with Gasteiger partial charge in [0, 0.05) is 28.7 Å². The Balaban J connectivity index is 1.79. The van der Waals surface area contributed by atoms with E-state index in [1.165, 1.54) is 25.7 Å². The summed E-state index contributed by atoms with van der Waals surface area (Å²) in [5.41, 5.74) is 0.656. The Morgan fingerprint density at radius 1 is 1.05 bits per heavy atom. The normalized spacial score (nSPS) is 16.7. The van der Waals surface area contributed by atoms with E-state index in [-0.39, 0.29) is 5.91 Å². The van der Waals surface area contributed by atoms with Crippen LogP contribution < -0.4 is 5.32 Å². The van der Waals surface area contributed by atoms with Crippen molar-refractivity contribution in [2.24, 2.45) is 0 Å². The van der Waals surface area contributed by atoms with Gasteiger partial charge >= 0.3 is 0 Å². The van der Waals surface area contributed by atoms with Gasteiger partial charge in [0.05, 0.1) is 0 Å². The summed E-state index contributed by atoms with van der Waals surface area (Å²) in [7, 11) is 0. The number of hydrogen-bond acceptors (Lipinski definition) is 2. The van der Waals surface area contributed by atoms with Gasteiger partial charge in [-0.2, -0.15) is 0 Å². The maximum Gasteiger partial charge on any atom is 0.225 e. The molecule has 0 unspecified atom stereocenters. The lowest BCUT2D eigenvalue weighted by atomic mass is 10.2. The van der Waals surface area contributed by atoms with E-state index in [2.05, 4.69) is 10.2 Å². The van der Waals surface area contributed by atoms with E-state index in [4.69, 9.17) is 23.2 Å². The molecule has 0 spiro atoms. The van der Waals surface area contributed by atoms with Crippen LogP contribution >= 0.6 is 23.2 Å². The largest absolute Gasteiger partial charge is 0.326 e. The van der Waals surface area contributed by atoms with Crippen LogP contribution in [0.3, 0.4) is 0 Å². The summed E-state index contributed by atoms with van der Waals surface area (Å²) < 4.78 is 0. The number of carbonyl (C=O) groups is 1. The quantitative estimate of drug-likeness (QED) is 0.903. The van der Waals surface area contributed by atoms with E-state index in [1.807, 2.05) is 0 Å². The number of nitrogens with one attached hydrogen (secondary N) is 1. The van der Waals surface area contributed by atoms with Crippen molar-refractivity contribution in [3.8, 4) is 0 Å².